The standard InChI is InChI=1S/C17H27ClO/c1-6-8-9-10-14(4)12-17(19)16(15(5)18)11-13(3)7-2/h6,8-10,12-13,15-16H,7,11H2,1-5H3/b8-6?,10-9-,14-12-. The van der Waals surface area contributed by atoms with E-state index in [1.807, 2.05) is 45.1 Å². The van der Waals surface area contributed by atoms with Crippen molar-refractivity contribution < 1.29 is 4.79 Å². The van der Waals surface area contributed by atoms with Crippen molar-refractivity contribution in [2.24, 2.45) is 11.8 Å². The van der Waals surface area contributed by atoms with E-state index in [1.54, 1.807) is 6.08 Å². The van der Waals surface area contributed by atoms with E-state index in [-0.39, 0.29) is 17.1 Å². The molecule has 0 aromatic heterocycles. The number of ketones is 1. The van der Waals surface area contributed by atoms with Gasteiger partial charge in [0.25, 0.3) is 0 Å². The lowest BCUT2D eigenvalue weighted by atomic mass is 9.88. The van der Waals surface area contributed by atoms with Crippen molar-refractivity contribution in [3.05, 3.63) is 36.0 Å². The van der Waals surface area contributed by atoms with Gasteiger partial charge in [-0.1, -0.05) is 44.6 Å². The number of carbonyl (C=O) groups excluding carboxylic acids is 1. The minimum atomic E-state index is -0.120. The maximum absolute atomic E-state index is 12.3. The molecule has 0 saturated heterocycles. The van der Waals surface area contributed by atoms with Gasteiger partial charge in [-0.05, 0) is 44.8 Å². The Labute approximate surface area is 123 Å². The molecule has 3 unspecified atom stereocenters. The smallest absolute Gasteiger partial charge is 0.160 e. The van der Waals surface area contributed by atoms with Gasteiger partial charge < -0.3 is 0 Å². The molecule has 2 heteroatoms. The highest BCUT2D eigenvalue weighted by atomic mass is 35.5. The Morgan fingerprint density at radius 2 is 1.89 bits per heavy atom. The van der Waals surface area contributed by atoms with Gasteiger partial charge >= 0.3 is 0 Å². The second-order valence-corrected chi connectivity index (χ2v) is 5.90. The molecule has 108 valence electrons. The second-order valence-electron chi connectivity index (χ2n) is 5.21. The van der Waals surface area contributed by atoms with E-state index in [1.165, 1.54) is 0 Å². The van der Waals surface area contributed by atoms with Gasteiger partial charge in [-0.2, -0.15) is 0 Å². The molecule has 0 heterocycles. The van der Waals surface area contributed by atoms with Crippen LogP contribution < -0.4 is 0 Å². The minimum Gasteiger partial charge on any atom is -0.294 e. The summed E-state index contributed by atoms with van der Waals surface area (Å²) in [4.78, 5) is 12.3. The lowest BCUT2D eigenvalue weighted by molar-refractivity contribution is -0.118. The average molecular weight is 283 g/mol. The molecule has 0 saturated carbocycles. The fraction of sp³-hybridized carbons (Fsp3) is 0.588. The first kappa shape index (κ1) is 18.2. The number of allylic oxidation sites excluding steroid dienone is 6. The van der Waals surface area contributed by atoms with Crippen LogP contribution in [0.25, 0.3) is 0 Å². The van der Waals surface area contributed by atoms with Crippen LogP contribution in [0.3, 0.4) is 0 Å². The zero-order valence-electron chi connectivity index (χ0n) is 12.8. The molecule has 0 rings (SSSR count). The van der Waals surface area contributed by atoms with Crippen molar-refractivity contribution in [1.82, 2.24) is 0 Å². The minimum absolute atomic E-state index is 0.0818. The maximum atomic E-state index is 12.3. The quantitative estimate of drug-likeness (QED) is 0.335. The molecular formula is C17H27ClO. The molecule has 0 amide bonds. The number of carbonyl (C=O) groups is 1. The van der Waals surface area contributed by atoms with Gasteiger partial charge in [0.15, 0.2) is 5.78 Å². The molecule has 0 aliphatic carbocycles. The zero-order valence-corrected chi connectivity index (χ0v) is 13.6. The zero-order chi connectivity index (χ0) is 14.8. The SMILES string of the molecule is CC=C/C=C\C(C)=C/C(=O)C(CC(C)CC)C(C)Cl. The summed E-state index contributed by atoms with van der Waals surface area (Å²) >= 11 is 6.17. The Kier molecular flexibility index (Phi) is 9.59. The van der Waals surface area contributed by atoms with Crippen LogP contribution in [0.1, 0.15) is 47.5 Å². The number of hydrogen-bond donors (Lipinski definition) is 0. The summed E-state index contributed by atoms with van der Waals surface area (Å²) in [5, 5.41) is -0.120. The van der Waals surface area contributed by atoms with Gasteiger partial charge in [-0.15, -0.1) is 11.6 Å². The summed E-state index contributed by atoms with van der Waals surface area (Å²) in [5.74, 6) is 0.592. The van der Waals surface area contributed by atoms with Crippen LogP contribution in [-0.2, 0) is 4.79 Å². The van der Waals surface area contributed by atoms with Crippen molar-refractivity contribution in [2.75, 3.05) is 0 Å². The van der Waals surface area contributed by atoms with Crippen LogP contribution in [0.4, 0.5) is 0 Å². The summed E-state index contributed by atoms with van der Waals surface area (Å²) in [6.07, 6.45) is 11.4. The van der Waals surface area contributed by atoms with E-state index >= 15 is 0 Å². The van der Waals surface area contributed by atoms with Crippen LogP contribution in [0.2, 0.25) is 0 Å². The monoisotopic (exact) mass is 282 g/mol. The highest BCUT2D eigenvalue weighted by molar-refractivity contribution is 6.22. The predicted octanol–water partition coefficient (Wildman–Crippen LogP) is 5.31. The Bertz CT molecular complexity index is 350. The molecule has 0 N–H and O–H groups in total. The average Bonchev–Trinajstić information content (AvgIpc) is 2.35. The fourth-order valence-electron chi connectivity index (χ4n) is 1.83. The molecule has 0 aliphatic rings. The summed E-state index contributed by atoms with van der Waals surface area (Å²) in [7, 11) is 0. The number of halogens is 1. The van der Waals surface area contributed by atoms with Crippen molar-refractivity contribution in [1.29, 1.82) is 0 Å². The lowest BCUT2D eigenvalue weighted by Crippen LogP contribution is -2.23. The Hall–Kier alpha value is -0.820. The highest BCUT2D eigenvalue weighted by Crippen LogP contribution is 2.23. The molecule has 0 radical (unpaired) electrons. The van der Waals surface area contributed by atoms with E-state index in [4.69, 9.17) is 11.6 Å². The molecule has 0 aromatic carbocycles. The van der Waals surface area contributed by atoms with Crippen molar-refractivity contribution in [3.63, 3.8) is 0 Å². The largest absolute Gasteiger partial charge is 0.294 e. The third kappa shape index (κ3) is 8.05. The highest BCUT2D eigenvalue weighted by Gasteiger charge is 2.23. The number of rotatable bonds is 8. The number of hydrogen-bond acceptors (Lipinski definition) is 1. The Morgan fingerprint density at radius 3 is 2.37 bits per heavy atom. The van der Waals surface area contributed by atoms with Crippen molar-refractivity contribution >= 4 is 17.4 Å². The van der Waals surface area contributed by atoms with Crippen LogP contribution in [0.15, 0.2) is 36.0 Å². The first-order chi connectivity index (χ1) is 8.92. The molecule has 3 atom stereocenters. The molecular weight excluding hydrogens is 256 g/mol. The van der Waals surface area contributed by atoms with Crippen molar-refractivity contribution in [2.45, 2.75) is 52.8 Å². The van der Waals surface area contributed by atoms with Crippen LogP contribution in [0.5, 0.6) is 0 Å². The van der Waals surface area contributed by atoms with Crippen LogP contribution >= 0.6 is 11.6 Å². The molecule has 1 nitrogen and oxygen atoms in total. The fourth-order valence-corrected chi connectivity index (χ4v) is 2.06. The van der Waals surface area contributed by atoms with Gasteiger partial charge in [0.05, 0.1) is 0 Å². The first-order valence-electron chi connectivity index (χ1n) is 7.07. The van der Waals surface area contributed by atoms with E-state index < -0.39 is 0 Å². The van der Waals surface area contributed by atoms with E-state index in [9.17, 15) is 4.79 Å². The molecule has 0 aromatic rings. The summed E-state index contributed by atoms with van der Waals surface area (Å²) in [6, 6.07) is 0. The molecule has 0 bridgehead atoms. The second kappa shape index (κ2) is 10.0. The van der Waals surface area contributed by atoms with E-state index in [0.717, 1.165) is 18.4 Å². The van der Waals surface area contributed by atoms with Crippen LogP contribution in [-0.4, -0.2) is 11.2 Å². The van der Waals surface area contributed by atoms with Crippen molar-refractivity contribution in [3.8, 4) is 0 Å². The molecule has 0 fully saturated rings. The van der Waals surface area contributed by atoms with E-state index in [2.05, 4.69) is 13.8 Å². The third-order valence-corrected chi connectivity index (χ3v) is 3.61. The molecule has 0 spiro atoms. The molecule has 0 aliphatic heterocycles. The number of alkyl halides is 1. The maximum Gasteiger partial charge on any atom is 0.160 e. The normalized spacial score (nSPS) is 17.9. The van der Waals surface area contributed by atoms with Gasteiger partial charge in [-0.3, -0.25) is 4.79 Å². The summed E-state index contributed by atoms with van der Waals surface area (Å²) < 4.78 is 0. The van der Waals surface area contributed by atoms with Gasteiger partial charge in [0.2, 0.25) is 0 Å². The molecule has 19 heavy (non-hydrogen) atoms. The first-order valence-corrected chi connectivity index (χ1v) is 7.51. The van der Waals surface area contributed by atoms with Gasteiger partial charge in [-0.25, -0.2) is 0 Å². The predicted molar refractivity (Wildman–Crippen MR) is 85.6 cm³/mol. The van der Waals surface area contributed by atoms with Gasteiger partial charge in [0, 0.05) is 11.3 Å². The van der Waals surface area contributed by atoms with Crippen LogP contribution in [0, 0.1) is 11.8 Å². The third-order valence-electron chi connectivity index (χ3n) is 3.31. The Balaban J connectivity index is 4.76. The van der Waals surface area contributed by atoms with E-state index in [0.29, 0.717) is 5.92 Å². The lowest BCUT2D eigenvalue weighted by Gasteiger charge is -2.20. The topological polar surface area (TPSA) is 17.1 Å². The summed E-state index contributed by atoms with van der Waals surface area (Å²) in [5.41, 5.74) is 0.967. The summed E-state index contributed by atoms with van der Waals surface area (Å²) in [6.45, 7) is 10.1. The van der Waals surface area contributed by atoms with Gasteiger partial charge in [0.1, 0.15) is 0 Å². The Morgan fingerprint density at radius 1 is 1.26 bits per heavy atom.